The van der Waals surface area contributed by atoms with E-state index in [0.29, 0.717) is 0 Å². The first-order valence-corrected chi connectivity index (χ1v) is 9.70. The molecule has 0 amide bonds. The maximum Gasteiger partial charge on any atom is 0.191 e. The molecule has 0 unspecified atom stereocenters. The zero-order valence-corrected chi connectivity index (χ0v) is 15.0. The highest BCUT2D eigenvalue weighted by molar-refractivity contribution is 5.79. The fraction of sp³-hybridized carbons (Fsp3) is 0.944. The molecule has 0 spiro atoms. The minimum Gasteiger partial charge on any atom is -0.381 e. The Morgan fingerprint density at radius 2 is 1.91 bits per heavy atom. The lowest BCUT2D eigenvalue weighted by Gasteiger charge is -2.20. The molecule has 1 saturated heterocycles. The van der Waals surface area contributed by atoms with E-state index in [1.165, 1.54) is 51.6 Å². The van der Waals surface area contributed by atoms with Gasteiger partial charge in [-0.2, -0.15) is 0 Å². The number of hydrogen-bond donors (Lipinski definition) is 2. The molecule has 1 aliphatic carbocycles. The van der Waals surface area contributed by atoms with Crippen molar-refractivity contribution in [1.29, 1.82) is 0 Å². The number of nitrogens with one attached hydrogen (secondary N) is 2. The Morgan fingerprint density at radius 3 is 2.61 bits per heavy atom. The molecule has 5 heteroatoms. The second kappa shape index (κ2) is 11.7. The number of guanidine groups is 1. The van der Waals surface area contributed by atoms with E-state index in [4.69, 9.17) is 4.74 Å². The van der Waals surface area contributed by atoms with Crippen LogP contribution in [0, 0.1) is 5.92 Å². The van der Waals surface area contributed by atoms with Gasteiger partial charge in [-0.25, -0.2) is 0 Å². The van der Waals surface area contributed by atoms with E-state index in [0.717, 1.165) is 57.7 Å². The molecule has 0 aromatic carbocycles. The fourth-order valence-corrected chi connectivity index (χ4v) is 2.93. The minimum absolute atomic E-state index is 0.837. The Hall–Kier alpha value is -0.810. The first-order chi connectivity index (χ1) is 11.4. The lowest BCUT2D eigenvalue weighted by Crippen LogP contribution is -2.42. The van der Waals surface area contributed by atoms with Gasteiger partial charge in [0.2, 0.25) is 0 Å². The van der Waals surface area contributed by atoms with Gasteiger partial charge in [-0.05, 0) is 58.0 Å². The molecule has 5 nitrogen and oxygen atoms in total. The lowest BCUT2D eigenvalue weighted by atomic mass is 10.2. The van der Waals surface area contributed by atoms with Crippen molar-refractivity contribution in [2.24, 2.45) is 10.9 Å². The molecule has 2 aliphatic rings. The smallest absolute Gasteiger partial charge is 0.191 e. The van der Waals surface area contributed by atoms with Crippen LogP contribution in [0.4, 0.5) is 0 Å². The molecule has 0 aromatic rings. The van der Waals surface area contributed by atoms with Gasteiger partial charge in [0, 0.05) is 39.4 Å². The van der Waals surface area contributed by atoms with Crippen molar-refractivity contribution in [3.05, 3.63) is 0 Å². The van der Waals surface area contributed by atoms with Gasteiger partial charge in [0.1, 0.15) is 0 Å². The third-order valence-electron chi connectivity index (χ3n) is 4.53. The monoisotopic (exact) mass is 324 g/mol. The Bertz CT molecular complexity index is 323. The quantitative estimate of drug-likeness (QED) is 0.368. The van der Waals surface area contributed by atoms with E-state index in [-0.39, 0.29) is 0 Å². The van der Waals surface area contributed by atoms with E-state index >= 15 is 0 Å². The molecular weight excluding hydrogens is 288 g/mol. The maximum atomic E-state index is 5.65. The summed E-state index contributed by atoms with van der Waals surface area (Å²) in [5.41, 5.74) is 0. The molecule has 0 atom stereocenters. The average Bonchev–Trinajstić information content (AvgIpc) is 3.38. The lowest BCUT2D eigenvalue weighted by molar-refractivity contribution is 0.123. The van der Waals surface area contributed by atoms with Crippen LogP contribution in [0.15, 0.2) is 4.99 Å². The van der Waals surface area contributed by atoms with Crippen molar-refractivity contribution in [3.8, 4) is 0 Å². The molecule has 0 aromatic heterocycles. The van der Waals surface area contributed by atoms with Crippen molar-refractivity contribution in [3.63, 3.8) is 0 Å². The first kappa shape index (κ1) is 18.5. The molecule has 23 heavy (non-hydrogen) atoms. The van der Waals surface area contributed by atoms with Crippen LogP contribution in [0.2, 0.25) is 0 Å². The van der Waals surface area contributed by atoms with Gasteiger partial charge in [-0.3, -0.25) is 4.99 Å². The summed E-state index contributed by atoms with van der Waals surface area (Å²) < 4.78 is 5.65. The number of nitrogens with zero attached hydrogens (tertiary/aromatic N) is 2. The highest BCUT2D eigenvalue weighted by Gasteiger charge is 2.20. The highest BCUT2D eigenvalue weighted by atomic mass is 16.5. The van der Waals surface area contributed by atoms with Crippen molar-refractivity contribution in [2.75, 3.05) is 52.5 Å². The summed E-state index contributed by atoms with van der Waals surface area (Å²) in [5, 5.41) is 6.80. The molecular formula is C18H36N4O. The second-order valence-corrected chi connectivity index (χ2v) is 6.82. The summed E-state index contributed by atoms with van der Waals surface area (Å²) >= 11 is 0. The fourth-order valence-electron chi connectivity index (χ4n) is 2.93. The van der Waals surface area contributed by atoms with Crippen molar-refractivity contribution in [1.82, 2.24) is 15.5 Å². The average molecular weight is 325 g/mol. The van der Waals surface area contributed by atoms with Crippen LogP contribution < -0.4 is 10.6 Å². The SMILES string of the molecule is CCNC(=NCCCOCC1CC1)NCCN1CCCCCC1. The third-order valence-corrected chi connectivity index (χ3v) is 4.53. The molecule has 0 radical (unpaired) electrons. The first-order valence-electron chi connectivity index (χ1n) is 9.70. The summed E-state index contributed by atoms with van der Waals surface area (Å²) in [6.07, 6.45) is 9.25. The molecule has 134 valence electrons. The van der Waals surface area contributed by atoms with Crippen molar-refractivity contribution >= 4 is 5.96 Å². The van der Waals surface area contributed by atoms with Crippen molar-refractivity contribution < 1.29 is 4.74 Å². The molecule has 2 rings (SSSR count). The van der Waals surface area contributed by atoms with Crippen LogP contribution in [-0.2, 0) is 4.74 Å². The summed E-state index contributed by atoms with van der Waals surface area (Å²) in [7, 11) is 0. The van der Waals surface area contributed by atoms with Gasteiger partial charge in [0.15, 0.2) is 5.96 Å². The van der Waals surface area contributed by atoms with Crippen LogP contribution in [-0.4, -0.2) is 63.3 Å². The van der Waals surface area contributed by atoms with E-state index in [2.05, 4.69) is 27.4 Å². The van der Waals surface area contributed by atoms with Crippen molar-refractivity contribution in [2.45, 2.75) is 51.9 Å². The van der Waals surface area contributed by atoms with Gasteiger partial charge >= 0.3 is 0 Å². The third kappa shape index (κ3) is 9.16. The second-order valence-electron chi connectivity index (χ2n) is 6.82. The normalized spacial score (nSPS) is 20.3. The largest absolute Gasteiger partial charge is 0.381 e. The zero-order chi connectivity index (χ0) is 16.2. The van der Waals surface area contributed by atoms with Crippen LogP contribution in [0.1, 0.15) is 51.9 Å². The van der Waals surface area contributed by atoms with Gasteiger partial charge in [-0.15, -0.1) is 0 Å². The van der Waals surface area contributed by atoms with Gasteiger partial charge < -0.3 is 20.3 Å². The molecule has 2 fully saturated rings. The van der Waals surface area contributed by atoms with Gasteiger partial charge in [0.05, 0.1) is 0 Å². The van der Waals surface area contributed by atoms with Gasteiger partial charge in [-0.1, -0.05) is 12.8 Å². The minimum atomic E-state index is 0.837. The van der Waals surface area contributed by atoms with Crippen LogP contribution in [0.3, 0.4) is 0 Å². The number of rotatable bonds is 10. The summed E-state index contributed by atoms with van der Waals surface area (Å²) in [6.45, 7) is 10.3. The number of hydrogen-bond acceptors (Lipinski definition) is 3. The molecule has 0 bridgehead atoms. The summed E-state index contributed by atoms with van der Waals surface area (Å²) in [5.74, 6) is 1.81. The Balaban J connectivity index is 1.54. The maximum absolute atomic E-state index is 5.65. The molecule has 1 heterocycles. The predicted octanol–water partition coefficient (Wildman–Crippen LogP) is 2.23. The topological polar surface area (TPSA) is 48.9 Å². The summed E-state index contributed by atoms with van der Waals surface area (Å²) in [6, 6.07) is 0. The molecule has 1 saturated carbocycles. The standard InChI is InChI=1S/C18H36N4O/c1-2-19-18(20-10-7-15-23-16-17-8-9-17)21-11-14-22-12-5-3-4-6-13-22/h17H,2-16H2,1H3,(H2,19,20,21). The Labute approximate surface area is 142 Å². The van der Waals surface area contributed by atoms with Crippen LogP contribution in [0.25, 0.3) is 0 Å². The molecule has 2 N–H and O–H groups in total. The number of aliphatic imine (C=N–C) groups is 1. The van der Waals surface area contributed by atoms with E-state index in [1.54, 1.807) is 0 Å². The van der Waals surface area contributed by atoms with E-state index in [9.17, 15) is 0 Å². The summed E-state index contributed by atoms with van der Waals surface area (Å²) in [4.78, 5) is 7.22. The zero-order valence-electron chi connectivity index (χ0n) is 15.0. The number of likely N-dealkylation sites (tertiary alicyclic amines) is 1. The van der Waals surface area contributed by atoms with Gasteiger partial charge in [0.25, 0.3) is 0 Å². The van der Waals surface area contributed by atoms with Crippen LogP contribution in [0.5, 0.6) is 0 Å². The highest BCUT2D eigenvalue weighted by Crippen LogP contribution is 2.28. The predicted molar refractivity (Wildman–Crippen MR) is 97.0 cm³/mol. The Morgan fingerprint density at radius 1 is 1.13 bits per heavy atom. The Kier molecular flexibility index (Phi) is 9.41. The van der Waals surface area contributed by atoms with E-state index in [1.807, 2.05) is 0 Å². The van der Waals surface area contributed by atoms with Crippen LogP contribution >= 0.6 is 0 Å². The number of ether oxygens (including phenoxy) is 1. The van der Waals surface area contributed by atoms with E-state index < -0.39 is 0 Å². The molecule has 1 aliphatic heterocycles.